The Hall–Kier alpha value is -2.32. The van der Waals surface area contributed by atoms with Crippen molar-refractivity contribution in [3.8, 4) is 5.75 Å². The number of likely N-dealkylation sites (N-methyl/N-ethyl adjacent to an activating group) is 1. The van der Waals surface area contributed by atoms with Gasteiger partial charge in [0.2, 0.25) is 0 Å². The first-order valence-corrected chi connectivity index (χ1v) is 11.3. The van der Waals surface area contributed by atoms with Crippen molar-refractivity contribution in [2.24, 2.45) is 0 Å². The summed E-state index contributed by atoms with van der Waals surface area (Å²) >= 11 is 0. The Morgan fingerprint density at radius 1 is 0.966 bits per heavy atom. The van der Waals surface area contributed by atoms with Crippen LogP contribution in [0.1, 0.15) is 12.0 Å². The Morgan fingerprint density at radius 3 is 2.45 bits per heavy atom. The first-order chi connectivity index (χ1) is 13.9. The van der Waals surface area contributed by atoms with Gasteiger partial charge in [-0.15, -0.1) is 0 Å². The summed E-state index contributed by atoms with van der Waals surface area (Å²) in [6.45, 7) is 3.82. The van der Waals surface area contributed by atoms with Gasteiger partial charge in [0.15, 0.2) is 0 Å². The molecule has 0 bridgehead atoms. The van der Waals surface area contributed by atoms with Crippen molar-refractivity contribution in [3.63, 3.8) is 0 Å². The predicted octanol–water partition coefficient (Wildman–Crippen LogP) is 2.73. The average Bonchev–Trinajstić information content (AvgIpc) is 2.73. The third-order valence-electron chi connectivity index (χ3n) is 5.70. The summed E-state index contributed by atoms with van der Waals surface area (Å²) < 4.78 is 47.5. The van der Waals surface area contributed by atoms with E-state index in [9.17, 15) is 12.8 Å². The molecule has 2 aliphatic rings. The topological polar surface area (TPSA) is 53.1 Å². The number of hydrogen-bond acceptors (Lipinski definition) is 5. The Kier molecular flexibility index (Phi) is 5.40. The first kappa shape index (κ1) is 20.0. The minimum absolute atomic E-state index is 0.226. The van der Waals surface area contributed by atoms with Gasteiger partial charge in [0.1, 0.15) is 11.6 Å². The number of ether oxygens (including phenoxy) is 1. The summed E-state index contributed by atoms with van der Waals surface area (Å²) in [5.41, 5.74) is 2.08. The lowest BCUT2D eigenvalue weighted by molar-refractivity contribution is 0.311. The predicted molar refractivity (Wildman–Crippen MR) is 112 cm³/mol. The fourth-order valence-corrected chi connectivity index (χ4v) is 5.59. The van der Waals surface area contributed by atoms with E-state index in [2.05, 4.69) is 16.8 Å². The van der Waals surface area contributed by atoms with Crippen LogP contribution in [-0.2, 0) is 16.4 Å². The maximum Gasteiger partial charge on any atom is 0.264 e. The van der Waals surface area contributed by atoms with E-state index in [4.69, 9.17) is 4.74 Å². The molecule has 0 spiro atoms. The molecule has 0 unspecified atom stereocenters. The van der Waals surface area contributed by atoms with Crippen molar-refractivity contribution in [1.29, 1.82) is 0 Å². The van der Waals surface area contributed by atoms with E-state index in [1.807, 2.05) is 0 Å². The molecule has 2 heterocycles. The highest BCUT2D eigenvalue weighted by atomic mass is 32.2. The van der Waals surface area contributed by atoms with Crippen molar-refractivity contribution in [2.75, 3.05) is 56.1 Å². The maximum atomic E-state index is 13.6. The maximum absolute atomic E-state index is 13.6. The monoisotopic (exact) mass is 419 g/mol. The number of fused-ring (bicyclic) bond motifs is 1. The van der Waals surface area contributed by atoms with Crippen molar-refractivity contribution in [3.05, 3.63) is 47.8 Å². The van der Waals surface area contributed by atoms with Crippen LogP contribution in [0.4, 0.5) is 15.8 Å². The number of sulfonamides is 1. The zero-order valence-electron chi connectivity index (χ0n) is 16.8. The molecule has 1 saturated heterocycles. The van der Waals surface area contributed by atoms with Gasteiger partial charge in [0, 0.05) is 32.7 Å². The van der Waals surface area contributed by atoms with Crippen LogP contribution in [0, 0.1) is 5.82 Å². The zero-order valence-corrected chi connectivity index (χ0v) is 17.6. The Balaban J connectivity index is 1.72. The molecule has 1 fully saturated rings. The SMILES string of the molecule is COc1ccc(S(=O)(=O)N2CCCc3cc(F)ccc32)cc1N1CCN(C)CC1. The van der Waals surface area contributed by atoms with Crippen LogP contribution in [0.2, 0.25) is 0 Å². The lowest BCUT2D eigenvalue weighted by atomic mass is 10.0. The minimum atomic E-state index is -3.77. The molecule has 2 aliphatic heterocycles. The van der Waals surface area contributed by atoms with Gasteiger partial charge in [-0.25, -0.2) is 12.8 Å². The van der Waals surface area contributed by atoms with E-state index in [1.54, 1.807) is 31.4 Å². The standard InChI is InChI=1S/C21H26FN3O3S/c1-23-10-12-24(13-11-23)20-15-18(6-8-21(20)28-2)29(26,27)25-9-3-4-16-14-17(22)5-7-19(16)25/h5-8,14-15H,3-4,9-13H2,1-2H3. The quantitative estimate of drug-likeness (QED) is 0.763. The molecule has 2 aromatic carbocycles. The van der Waals surface area contributed by atoms with Crippen molar-refractivity contribution in [1.82, 2.24) is 4.90 Å². The number of hydrogen-bond donors (Lipinski definition) is 0. The minimum Gasteiger partial charge on any atom is -0.495 e. The summed E-state index contributed by atoms with van der Waals surface area (Å²) in [7, 11) is -0.0957. The van der Waals surface area contributed by atoms with E-state index < -0.39 is 10.0 Å². The second-order valence-electron chi connectivity index (χ2n) is 7.58. The fraction of sp³-hybridized carbons (Fsp3) is 0.429. The molecular formula is C21H26FN3O3S. The highest BCUT2D eigenvalue weighted by molar-refractivity contribution is 7.92. The van der Waals surface area contributed by atoms with Crippen LogP contribution in [0.5, 0.6) is 5.75 Å². The van der Waals surface area contributed by atoms with Gasteiger partial charge in [0.25, 0.3) is 10.0 Å². The molecular weight excluding hydrogens is 393 g/mol. The van der Waals surface area contributed by atoms with E-state index in [-0.39, 0.29) is 10.7 Å². The lowest BCUT2D eigenvalue weighted by Gasteiger charge is -2.35. The van der Waals surface area contributed by atoms with Crippen molar-refractivity contribution >= 4 is 21.4 Å². The molecule has 0 saturated carbocycles. The van der Waals surface area contributed by atoms with Crippen molar-refractivity contribution in [2.45, 2.75) is 17.7 Å². The molecule has 0 amide bonds. The smallest absolute Gasteiger partial charge is 0.264 e. The first-order valence-electron chi connectivity index (χ1n) is 9.83. The van der Waals surface area contributed by atoms with Gasteiger partial charge >= 0.3 is 0 Å². The number of nitrogens with zero attached hydrogens (tertiary/aromatic N) is 3. The number of methoxy groups -OCH3 is 1. The number of halogens is 1. The Bertz CT molecular complexity index is 1000. The highest BCUT2D eigenvalue weighted by Gasteiger charge is 2.30. The van der Waals surface area contributed by atoms with Crippen LogP contribution >= 0.6 is 0 Å². The average molecular weight is 420 g/mol. The van der Waals surface area contributed by atoms with E-state index in [0.717, 1.165) is 37.4 Å². The molecule has 156 valence electrons. The molecule has 0 atom stereocenters. The summed E-state index contributed by atoms with van der Waals surface area (Å²) in [5.74, 6) is 0.319. The summed E-state index contributed by atoms with van der Waals surface area (Å²) in [6, 6.07) is 9.32. The highest BCUT2D eigenvalue weighted by Crippen LogP contribution is 2.36. The number of aryl methyl sites for hydroxylation is 1. The number of anilines is 2. The molecule has 0 aliphatic carbocycles. The third-order valence-corrected chi connectivity index (χ3v) is 7.51. The number of benzene rings is 2. The Morgan fingerprint density at radius 2 is 1.72 bits per heavy atom. The van der Waals surface area contributed by atoms with Crippen LogP contribution in [-0.4, -0.2) is 60.2 Å². The second-order valence-corrected chi connectivity index (χ2v) is 9.44. The van der Waals surface area contributed by atoms with Crippen LogP contribution in [0.25, 0.3) is 0 Å². The lowest BCUT2D eigenvalue weighted by Crippen LogP contribution is -2.44. The molecule has 2 aromatic rings. The van der Waals surface area contributed by atoms with Gasteiger partial charge < -0.3 is 14.5 Å². The van der Waals surface area contributed by atoms with E-state index in [0.29, 0.717) is 30.8 Å². The van der Waals surface area contributed by atoms with Gasteiger partial charge in [-0.2, -0.15) is 0 Å². The number of rotatable bonds is 4. The second kappa shape index (κ2) is 7.84. The van der Waals surface area contributed by atoms with Crippen LogP contribution in [0.3, 0.4) is 0 Å². The van der Waals surface area contributed by atoms with Crippen molar-refractivity contribution < 1.29 is 17.5 Å². The Labute approximate surface area is 171 Å². The summed E-state index contributed by atoms with van der Waals surface area (Å²) in [5, 5.41) is 0. The molecule has 0 radical (unpaired) electrons. The normalized spacial score (nSPS) is 17.9. The molecule has 6 nitrogen and oxygen atoms in total. The fourth-order valence-electron chi connectivity index (χ4n) is 4.03. The molecule has 0 N–H and O–H groups in total. The molecule has 29 heavy (non-hydrogen) atoms. The van der Waals surface area contributed by atoms with Crippen LogP contribution in [0.15, 0.2) is 41.3 Å². The summed E-state index contributed by atoms with van der Waals surface area (Å²) in [4.78, 5) is 4.63. The van der Waals surface area contributed by atoms with E-state index in [1.165, 1.54) is 16.4 Å². The van der Waals surface area contributed by atoms with Crippen LogP contribution < -0.4 is 13.9 Å². The zero-order chi connectivity index (χ0) is 20.6. The third kappa shape index (κ3) is 3.79. The summed E-state index contributed by atoms with van der Waals surface area (Å²) in [6.07, 6.45) is 1.34. The van der Waals surface area contributed by atoms with Gasteiger partial charge in [-0.05, 0) is 61.9 Å². The largest absolute Gasteiger partial charge is 0.495 e. The molecule has 8 heteroatoms. The van der Waals surface area contributed by atoms with E-state index >= 15 is 0 Å². The molecule has 4 rings (SSSR count). The number of piperazine rings is 1. The van der Waals surface area contributed by atoms with Gasteiger partial charge in [0.05, 0.1) is 23.4 Å². The molecule has 0 aromatic heterocycles. The van der Waals surface area contributed by atoms with Gasteiger partial charge in [-0.1, -0.05) is 0 Å². The van der Waals surface area contributed by atoms with Gasteiger partial charge in [-0.3, -0.25) is 4.31 Å².